The number of benzene rings is 1. The third kappa shape index (κ3) is 3.87. The van der Waals surface area contributed by atoms with Crippen molar-refractivity contribution >= 4 is 23.0 Å². The first-order valence-electron chi connectivity index (χ1n) is 7.05. The third-order valence-corrected chi connectivity index (χ3v) is 4.18. The number of likely N-dealkylation sites (tertiary alicyclic amines) is 1. The van der Waals surface area contributed by atoms with Gasteiger partial charge in [-0.25, -0.2) is 0 Å². The molecule has 0 unspecified atom stereocenters. The summed E-state index contributed by atoms with van der Waals surface area (Å²) in [6.45, 7) is 4.19. The molecular weight excluding hydrogens is 297 g/mol. The van der Waals surface area contributed by atoms with Crippen molar-refractivity contribution in [2.75, 3.05) is 5.32 Å². The fourth-order valence-corrected chi connectivity index (χ4v) is 3.26. The Labute approximate surface area is 128 Å². The molecule has 0 spiro atoms. The number of alkyl halides is 3. The van der Waals surface area contributed by atoms with E-state index in [-0.39, 0.29) is 0 Å². The van der Waals surface area contributed by atoms with Crippen molar-refractivity contribution in [2.45, 2.75) is 51.4 Å². The minimum Gasteiger partial charge on any atom is -0.344 e. The van der Waals surface area contributed by atoms with Gasteiger partial charge in [-0.3, -0.25) is 0 Å². The molecule has 0 radical (unpaired) electrons. The molecule has 6 heteroatoms. The predicted molar refractivity (Wildman–Crippen MR) is 82.3 cm³/mol. The van der Waals surface area contributed by atoms with Crippen LogP contribution in [0, 0.1) is 0 Å². The van der Waals surface area contributed by atoms with Crippen molar-refractivity contribution in [3.05, 3.63) is 29.8 Å². The zero-order valence-electron chi connectivity index (χ0n) is 12.1. The average molecular weight is 316 g/mol. The van der Waals surface area contributed by atoms with Crippen molar-refractivity contribution < 1.29 is 13.2 Å². The molecule has 116 valence electrons. The van der Waals surface area contributed by atoms with Crippen LogP contribution in [0.4, 0.5) is 18.9 Å². The van der Waals surface area contributed by atoms with Crippen LogP contribution in [0.3, 0.4) is 0 Å². The molecule has 2 atom stereocenters. The maximum atomic E-state index is 12.7. The summed E-state index contributed by atoms with van der Waals surface area (Å²) in [5, 5.41) is 3.44. The Kier molecular flexibility index (Phi) is 4.76. The summed E-state index contributed by atoms with van der Waals surface area (Å²) in [6, 6.07) is 5.74. The van der Waals surface area contributed by atoms with Crippen LogP contribution < -0.4 is 5.32 Å². The van der Waals surface area contributed by atoms with Gasteiger partial charge in [-0.2, -0.15) is 13.2 Å². The summed E-state index contributed by atoms with van der Waals surface area (Å²) in [4.78, 5) is 2.08. The van der Waals surface area contributed by atoms with Gasteiger partial charge in [-0.1, -0.05) is 6.07 Å². The second-order valence-electron chi connectivity index (χ2n) is 5.54. The predicted octanol–water partition coefficient (Wildman–Crippen LogP) is 4.67. The van der Waals surface area contributed by atoms with Gasteiger partial charge in [0.2, 0.25) is 0 Å². The highest BCUT2D eigenvalue weighted by Crippen LogP contribution is 2.31. The summed E-state index contributed by atoms with van der Waals surface area (Å²) >= 11 is 5.38. The Bertz CT molecular complexity index is 506. The summed E-state index contributed by atoms with van der Waals surface area (Å²) in [7, 11) is 0. The quantitative estimate of drug-likeness (QED) is 0.758. The Morgan fingerprint density at radius 3 is 2.43 bits per heavy atom. The number of rotatable bonds is 1. The standard InChI is InChI=1S/C15H19F3N2S/c1-10-5-3-6-11(2)20(10)14(21)19-13-8-4-7-12(9-13)15(16,17)18/h4,7-11H,3,5-6H2,1-2H3,(H,19,21)/t10-,11-/m0/s1. The number of thiocarbonyl (C=S) groups is 1. The van der Waals surface area contributed by atoms with E-state index in [1.54, 1.807) is 6.07 Å². The molecule has 2 nitrogen and oxygen atoms in total. The van der Waals surface area contributed by atoms with E-state index in [0.717, 1.165) is 31.4 Å². The lowest BCUT2D eigenvalue weighted by Crippen LogP contribution is -2.49. The lowest BCUT2D eigenvalue weighted by atomic mass is 9.98. The molecule has 1 N–H and O–H groups in total. The van der Waals surface area contributed by atoms with Crippen LogP contribution in [0.25, 0.3) is 0 Å². The van der Waals surface area contributed by atoms with Gasteiger partial charge in [0.25, 0.3) is 0 Å². The molecule has 21 heavy (non-hydrogen) atoms. The molecule has 0 saturated carbocycles. The van der Waals surface area contributed by atoms with Crippen LogP contribution in [0.2, 0.25) is 0 Å². The van der Waals surface area contributed by atoms with E-state index in [2.05, 4.69) is 24.1 Å². The van der Waals surface area contributed by atoms with Crippen LogP contribution >= 0.6 is 12.2 Å². The van der Waals surface area contributed by atoms with Crippen molar-refractivity contribution in [2.24, 2.45) is 0 Å². The van der Waals surface area contributed by atoms with Crippen molar-refractivity contribution in [1.29, 1.82) is 0 Å². The van der Waals surface area contributed by atoms with Crippen LogP contribution in [0.5, 0.6) is 0 Å². The van der Waals surface area contributed by atoms with Crippen LogP contribution in [0.1, 0.15) is 38.7 Å². The van der Waals surface area contributed by atoms with Crippen molar-refractivity contribution in [1.82, 2.24) is 4.90 Å². The number of halogens is 3. The highest BCUT2D eigenvalue weighted by atomic mass is 32.1. The van der Waals surface area contributed by atoms with Crippen molar-refractivity contribution in [3.8, 4) is 0 Å². The van der Waals surface area contributed by atoms with Crippen molar-refractivity contribution in [3.63, 3.8) is 0 Å². The van der Waals surface area contributed by atoms with E-state index in [0.29, 0.717) is 22.9 Å². The highest BCUT2D eigenvalue weighted by Gasteiger charge is 2.31. The normalized spacial score (nSPS) is 23.0. The Balaban J connectivity index is 2.12. The average Bonchev–Trinajstić information content (AvgIpc) is 2.37. The van der Waals surface area contributed by atoms with Gasteiger partial charge < -0.3 is 10.2 Å². The number of nitrogens with zero attached hydrogens (tertiary/aromatic N) is 1. The first-order valence-corrected chi connectivity index (χ1v) is 7.46. The molecular formula is C15H19F3N2S. The number of nitrogens with one attached hydrogen (secondary N) is 1. The summed E-state index contributed by atoms with van der Waals surface area (Å²) in [6.07, 6.45) is -1.08. The molecule has 0 aromatic heterocycles. The molecule has 0 aliphatic carbocycles. The Hall–Kier alpha value is -1.30. The number of piperidine rings is 1. The van der Waals surface area contributed by atoms with E-state index < -0.39 is 11.7 Å². The van der Waals surface area contributed by atoms with E-state index in [1.807, 2.05) is 0 Å². The highest BCUT2D eigenvalue weighted by molar-refractivity contribution is 7.80. The summed E-state index contributed by atoms with van der Waals surface area (Å²) in [5.74, 6) is 0. The van der Waals surface area contributed by atoms with Gasteiger partial charge in [0.15, 0.2) is 5.11 Å². The smallest absolute Gasteiger partial charge is 0.344 e. The summed E-state index contributed by atoms with van der Waals surface area (Å²) in [5.41, 5.74) is -0.296. The molecule has 1 aromatic rings. The second kappa shape index (κ2) is 6.22. The van der Waals surface area contributed by atoms with E-state index in [9.17, 15) is 13.2 Å². The van der Waals surface area contributed by atoms with E-state index in [4.69, 9.17) is 12.2 Å². The molecule has 1 aromatic carbocycles. The second-order valence-corrected chi connectivity index (χ2v) is 5.93. The molecule has 2 rings (SSSR count). The fourth-order valence-electron chi connectivity index (χ4n) is 2.78. The Morgan fingerprint density at radius 1 is 1.24 bits per heavy atom. The van der Waals surface area contributed by atoms with Gasteiger partial charge in [0, 0.05) is 17.8 Å². The third-order valence-electron chi connectivity index (χ3n) is 3.87. The van der Waals surface area contributed by atoms with E-state index in [1.165, 1.54) is 6.07 Å². The molecule has 1 aliphatic rings. The SMILES string of the molecule is C[C@H]1CCC[C@H](C)N1C(=S)Nc1cccc(C(F)(F)F)c1. The van der Waals surface area contributed by atoms with Gasteiger partial charge in [-0.15, -0.1) is 0 Å². The fraction of sp³-hybridized carbons (Fsp3) is 0.533. The van der Waals surface area contributed by atoms with Crippen LogP contribution in [-0.4, -0.2) is 22.1 Å². The van der Waals surface area contributed by atoms with Gasteiger partial charge >= 0.3 is 6.18 Å². The molecule has 0 bridgehead atoms. The molecule has 1 fully saturated rings. The lowest BCUT2D eigenvalue weighted by molar-refractivity contribution is -0.137. The topological polar surface area (TPSA) is 15.3 Å². The van der Waals surface area contributed by atoms with Crippen LogP contribution in [0.15, 0.2) is 24.3 Å². The van der Waals surface area contributed by atoms with Gasteiger partial charge in [0.1, 0.15) is 0 Å². The molecule has 1 saturated heterocycles. The maximum absolute atomic E-state index is 12.7. The monoisotopic (exact) mass is 316 g/mol. The zero-order valence-corrected chi connectivity index (χ0v) is 12.9. The van der Waals surface area contributed by atoms with E-state index >= 15 is 0 Å². The first kappa shape index (κ1) is 16.1. The minimum atomic E-state index is -4.34. The molecule has 0 amide bonds. The van der Waals surface area contributed by atoms with Crippen LogP contribution in [-0.2, 0) is 6.18 Å². The molecule has 1 aliphatic heterocycles. The van der Waals surface area contributed by atoms with Gasteiger partial charge in [0.05, 0.1) is 5.56 Å². The summed E-state index contributed by atoms with van der Waals surface area (Å²) < 4.78 is 38.1. The number of anilines is 1. The first-order chi connectivity index (χ1) is 9.79. The van der Waals surface area contributed by atoms with Gasteiger partial charge in [-0.05, 0) is 63.5 Å². The number of hydrogen-bond acceptors (Lipinski definition) is 1. The number of hydrogen-bond donors (Lipinski definition) is 1. The minimum absolute atomic E-state index is 0.305. The lowest BCUT2D eigenvalue weighted by Gasteiger charge is -2.40. The Morgan fingerprint density at radius 2 is 1.86 bits per heavy atom. The molecule has 1 heterocycles. The largest absolute Gasteiger partial charge is 0.416 e. The maximum Gasteiger partial charge on any atom is 0.416 e. The zero-order chi connectivity index (χ0) is 15.6.